The summed E-state index contributed by atoms with van der Waals surface area (Å²) < 4.78 is 37.2. The first-order valence-corrected chi connectivity index (χ1v) is 13.4. The third kappa shape index (κ3) is 10.4. The molecular formula is C20H27N7O10S2. The Hall–Kier alpha value is -3.91. The highest BCUT2D eigenvalue weighted by Crippen LogP contribution is 2.34. The molecule has 214 valence electrons. The van der Waals surface area contributed by atoms with E-state index in [4.69, 9.17) is 25.1 Å². The molecule has 0 radical (unpaired) electrons. The molecule has 19 heteroatoms. The second kappa shape index (κ2) is 14.9. The van der Waals surface area contributed by atoms with Gasteiger partial charge in [0.15, 0.2) is 5.75 Å². The molecule has 0 spiro atoms. The molecule has 1 aromatic heterocycles. The highest BCUT2D eigenvalue weighted by atomic mass is 32.2. The number of ether oxygens (including phenoxy) is 3. The Balaban J connectivity index is 1.56. The molecule has 0 atom stereocenters. The number of aromatic hydroxyl groups is 1. The van der Waals surface area contributed by atoms with E-state index in [1.165, 1.54) is 19.2 Å². The van der Waals surface area contributed by atoms with Gasteiger partial charge in [0.2, 0.25) is 21.3 Å². The SMILES string of the molecule is COc1ccc(NC(=O)CCC(=O)NCCOCCOCC(=O)Nc2nnc(S(N)(=O)=O)s2)c(O)c1C(N)=O. The molecule has 1 aromatic carbocycles. The number of primary sulfonamides is 1. The van der Waals surface area contributed by atoms with E-state index in [9.17, 15) is 32.7 Å². The van der Waals surface area contributed by atoms with Gasteiger partial charge in [-0.05, 0) is 12.1 Å². The standard InChI is InChI=1S/C20H27N7O10S2/c1-35-12-3-2-11(17(31)16(12)18(21)32)24-14(29)5-4-13(28)23-6-7-36-8-9-37-10-15(30)25-19-26-27-20(38-19)39(22,33)34/h2-3,31H,4-10H2,1H3,(H2,21,32)(H,23,28)(H,24,29)(H2,22,33,34)(H,25,26,30). The number of hydrogen-bond acceptors (Lipinski definition) is 13. The fraction of sp³-hybridized carbons (Fsp3) is 0.400. The number of carbonyl (C=O) groups excluding carboxylic acids is 4. The molecule has 0 aliphatic carbocycles. The predicted octanol–water partition coefficient (Wildman–Crippen LogP) is -1.49. The maximum atomic E-state index is 12.1. The van der Waals surface area contributed by atoms with Crippen LogP contribution >= 0.6 is 11.3 Å². The van der Waals surface area contributed by atoms with Gasteiger partial charge in [-0.2, -0.15) is 0 Å². The second-order valence-electron chi connectivity index (χ2n) is 7.43. The molecule has 0 aliphatic heterocycles. The summed E-state index contributed by atoms with van der Waals surface area (Å²) in [6.07, 6.45) is -0.336. The van der Waals surface area contributed by atoms with Crippen molar-refractivity contribution in [2.24, 2.45) is 10.9 Å². The van der Waals surface area contributed by atoms with Gasteiger partial charge >= 0.3 is 0 Å². The number of benzene rings is 1. The number of sulfonamides is 1. The number of nitrogens with one attached hydrogen (secondary N) is 3. The summed E-state index contributed by atoms with van der Waals surface area (Å²) >= 11 is 0.598. The highest BCUT2D eigenvalue weighted by Gasteiger charge is 2.20. The van der Waals surface area contributed by atoms with E-state index in [1.54, 1.807) is 0 Å². The van der Waals surface area contributed by atoms with Crippen LogP contribution in [0.3, 0.4) is 0 Å². The Labute approximate surface area is 226 Å². The van der Waals surface area contributed by atoms with E-state index in [0.717, 1.165) is 0 Å². The van der Waals surface area contributed by atoms with Crippen molar-refractivity contribution in [1.29, 1.82) is 0 Å². The zero-order valence-corrected chi connectivity index (χ0v) is 22.2. The maximum absolute atomic E-state index is 12.1. The van der Waals surface area contributed by atoms with Gasteiger partial charge in [0.05, 0.1) is 32.6 Å². The number of amides is 4. The minimum atomic E-state index is -4.00. The Morgan fingerprint density at radius 3 is 2.33 bits per heavy atom. The lowest BCUT2D eigenvalue weighted by atomic mass is 10.1. The van der Waals surface area contributed by atoms with Crippen LogP contribution in [0.5, 0.6) is 11.5 Å². The Kier molecular flexibility index (Phi) is 11.9. The van der Waals surface area contributed by atoms with Crippen molar-refractivity contribution in [2.45, 2.75) is 17.2 Å². The van der Waals surface area contributed by atoms with Gasteiger partial charge in [0.25, 0.3) is 21.8 Å². The number of aromatic nitrogens is 2. The first kappa shape index (κ1) is 31.3. The monoisotopic (exact) mass is 589 g/mol. The normalized spacial score (nSPS) is 11.0. The number of anilines is 2. The van der Waals surface area contributed by atoms with E-state index < -0.39 is 43.7 Å². The van der Waals surface area contributed by atoms with Crippen LogP contribution in [0.25, 0.3) is 0 Å². The lowest BCUT2D eigenvalue weighted by Gasteiger charge is -2.12. The lowest BCUT2D eigenvalue weighted by molar-refractivity contribution is -0.124. The number of hydrogen-bond donors (Lipinski definition) is 6. The third-order valence-corrected chi connectivity index (χ3v) is 6.68. The molecule has 8 N–H and O–H groups in total. The van der Waals surface area contributed by atoms with Crippen molar-refractivity contribution in [2.75, 3.05) is 50.7 Å². The second-order valence-corrected chi connectivity index (χ2v) is 10.1. The molecule has 39 heavy (non-hydrogen) atoms. The van der Waals surface area contributed by atoms with Crippen LogP contribution in [0.1, 0.15) is 23.2 Å². The Morgan fingerprint density at radius 2 is 1.69 bits per heavy atom. The minimum Gasteiger partial charge on any atom is -0.505 e. The molecule has 0 saturated carbocycles. The van der Waals surface area contributed by atoms with Gasteiger partial charge in [0.1, 0.15) is 17.9 Å². The number of nitrogens with zero attached hydrogens (tertiary/aromatic N) is 2. The van der Waals surface area contributed by atoms with Crippen molar-refractivity contribution in [3.8, 4) is 11.5 Å². The van der Waals surface area contributed by atoms with Crippen LogP contribution in [-0.2, 0) is 33.9 Å². The summed E-state index contributed by atoms with van der Waals surface area (Å²) in [6, 6.07) is 2.69. The summed E-state index contributed by atoms with van der Waals surface area (Å²) in [4.78, 5) is 47.3. The topological polar surface area (TPSA) is 264 Å². The van der Waals surface area contributed by atoms with Gasteiger partial charge in [-0.15, -0.1) is 10.2 Å². The predicted molar refractivity (Wildman–Crippen MR) is 136 cm³/mol. The highest BCUT2D eigenvalue weighted by molar-refractivity contribution is 7.91. The van der Waals surface area contributed by atoms with E-state index in [1.807, 2.05) is 0 Å². The zero-order chi connectivity index (χ0) is 29.0. The average molecular weight is 590 g/mol. The lowest BCUT2D eigenvalue weighted by Crippen LogP contribution is -2.28. The molecule has 1 heterocycles. The quantitative estimate of drug-likeness (QED) is 0.0742. The first-order valence-electron chi connectivity index (χ1n) is 11.0. The molecule has 17 nitrogen and oxygen atoms in total. The van der Waals surface area contributed by atoms with Crippen LogP contribution in [0.15, 0.2) is 16.5 Å². The van der Waals surface area contributed by atoms with Crippen LogP contribution < -0.4 is 31.6 Å². The van der Waals surface area contributed by atoms with Gasteiger partial charge in [-0.25, -0.2) is 13.6 Å². The summed E-state index contributed by atoms with van der Waals surface area (Å²) in [7, 11) is -2.71. The van der Waals surface area contributed by atoms with Gasteiger partial charge in [-0.3, -0.25) is 24.5 Å². The van der Waals surface area contributed by atoms with E-state index in [2.05, 4.69) is 26.1 Å². The summed E-state index contributed by atoms with van der Waals surface area (Å²) in [6.45, 7) is 0.148. The van der Waals surface area contributed by atoms with E-state index >= 15 is 0 Å². The van der Waals surface area contributed by atoms with Crippen LogP contribution in [-0.4, -0.2) is 87.4 Å². The molecule has 2 rings (SSSR count). The molecule has 0 saturated heterocycles. The molecular weight excluding hydrogens is 562 g/mol. The number of nitrogens with two attached hydrogens (primary N) is 2. The van der Waals surface area contributed by atoms with Crippen molar-refractivity contribution in [3.63, 3.8) is 0 Å². The van der Waals surface area contributed by atoms with Crippen molar-refractivity contribution in [1.82, 2.24) is 15.5 Å². The average Bonchev–Trinajstić information content (AvgIpc) is 3.34. The van der Waals surface area contributed by atoms with E-state index in [-0.39, 0.29) is 67.9 Å². The molecule has 4 amide bonds. The van der Waals surface area contributed by atoms with E-state index in [0.29, 0.717) is 11.3 Å². The van der Waals surface area contributed by atoms with Gasteiger partial charge < -0.3 is 35.7 Å². The number of rotatable bonds is 16. The van der Waals surface area contributed by atoms with Crippen molar-refractivity contribution in [3.05, 3.63) is 17.7 Å². The maximum Gasteiger partial charge on any atom is 0.267 e. The summed E-state index contributed by atoms with van der Waals surface area (Å²) in [5.74, 6) is -3.01. The first-order chi connectivity index (χ1) is 18.4. The van der Waals surface area contributed by atoms with Crippen LogP contribution in [0, 0.1) is 0 Å². The Bertz CT molecular complexity index is 1300. The van der Waals surface area contributed by atoms with Crippen LogP contribution in [0.4, 0.5) is 10.8 Å². The number of carbonyl (C=O) groups is 4. The molecule has 0 fully saturated rings. The molecule has 0 aliphatic rings. The van der Waals surface area contributed by atoms with Gasteiger partial charge in [0, 0.05) is 19.4 Å². The fourth-order valence-electron chi connectivity index (χ4n) is 2.79. The number of primary amides is 1. The molecule has 2 aromatic rings. The van der Waals surface area contributed by atoms with Crippen molar-refractivity contribution >= 4 is 55.8 Å². The third-order valence-electron chi connectivity index (χ3n) is 4.53. The fourth-order valence-corrected chi connectivity index (χ4v) is 4.14. The van der Waals surface area contributed by atoms with Crippen LogP contribution in [0.2, 0.25) is 0 Å². The molecule has 0 bridgehead atoms. The minimum absolute atomic E-state index is 0.0454. The summed E-state index contributed by atoms with van der Waals surface area (Å²) in [5.41, 5.74) is 4.89. The number of methoxy groups -OCH3 is 1. The Morgan fingerprint density at radius 1 is 1.00 bits per heavy atom. The summed E-state index contributed by atoms with van der Waals surface area (Å²) in [5, 5.41) is 29.2. The largest absolute Gasteiger partial charge is 0.505 e. The molecule has 0 unspecified atom stereocenters. The van der Waals surface area contributed by atoms with Crippen molar-refractivity contribution < 1.29 is 46.9 Å². The smallest absolute Gasteiger partial charge is 0.267 e. The van der Waals surface area contributed by atoms with Gasteiger partial charge in [-0.1, -0.05) is 11.3 Å². The zero-order valence-electron chi connectivity index (χ0n) is 20.6. The number of phenols is 1.